The van der Waals surface area contributed by atoms with Gasteiger partial charge in [-0.3, -0.25) is 0 Å². The van der Waals surface area contributed by atoms with E-state index in [9.17, 15) is 4.79 Å². The molecule has 1 heterocycles. The number of hydrogen-bond donors (Lipinski definition) is 1. The Morgan fingerprint density at radius 3 is 2.88 bits per heavy atom. The van der Waals surface area contributed by atoms with Crippen molar-refractivity contribution in [2.75, 3.05) is 0 Å². The van der Waals surface area contributed by atoms with E-state index in [1.165, 1.54) is 12.8 Å². The van der Waals surface area contributed by atoms with Gasteiger partial charge in [0.25, 0.3) is 0 Å². The molecule has 4 heteroatoms. The van der Waals surface area contributed by atoms with Crippen molar-refractivity contribution in [1.82, 2.24) is 9.78 Å². The van der Waals surface area contributed by atoms with Crippen LogP contribution in [0.3, 0.4) is 0 Å². The number of hydrogen-bond acceptors (Lipinski definition) is 2. The predicted molar refractivity (Wildman–Crippen MR) is 62.5 cm³/mol. The van der Waals surface area contributed by atoms with E-state index >= 15 is 0 Å². The Bertz CT molecular complexity index is 570. The number of carboxylic acids is 1. The second-order valence-electron chi connectivity index (χ2n) is 4.31. The molecule has 0 aliphatic heterocycles. The summed E-state index contributed by atoms with van der Waals surface area (Å²) in [5, 5.41) is 13.4. The molecule has 0 unspecified atom stereocenters. The molecule has 86 valence electrons. The Balaban J connectivity index is 1.96. The molecule has 17 heavy (non-hydrogen) atoms. The molecule has 1 aliphatic carbocycles. The van der Waals surface area contributed by atoms with Crippen LogP contribution in [0.5, 0.6) is 0 Å². The minimum atomic E-state index is -0.915. The van der Waals surface area contributed by atoms with Crippen molar-refractivity contribution in [3.05, 3.63) is 47.8 Å². The van der Waals surface area contributed by atoms with Gasteiger partial charge in [0.15, 0.2) is 0 Å². The third kappa shape index (κ3) is 1.93. The molecule has 1 aliphatic rings. The monoisotopic (exact) mass is 228 g/mol. The highest BCUT2D eigenvalue weighted by Gasteiger charge is 2.25. The molecule has 0 saturated heterocycles. The van der Waals surface area contributed by atoms with Crippen molar-refractivity contribution in [2.45, 2.75) is 18.8 Å². The Kier molecular flexibility index (Phi) is 2.21. The quantitative estimate of drug-likeness (QED) is 0.877. The van der Waals surface area contributed by atoms with Gasteiger partial charge >= 0.3 is 5.97 Å². The van der Waals surface area contributed by atoms with Crippen molar-refractivity contribution in [1.29, 1.82) is 0 Å². The average Bonchev–Trinajstić information content (AvgIpc) is 3.07. The van der Waals surface area contributed by atoms with E-state index in [1.54, 1.807) is 22.9 Å². The zero-order valence-corrected chi connectivity index (χ0v) is 9.21. The van der Waals surface area contributed by atoms with Gasteiger partial charge in [-0.05, 0) is 37.1 Å². The van der Waals surface area contributed by atoms with E-state index < -0.39 is 5.97 Å². The van der Waals surface area contributed by atoms with Crippen LogP contribution in [0.4, 0.5) is 0 Å². The van der Waals surface area contributed by atoms with Gasteiger partial charge in [-0.25, -0.2) is 9.48 Å². The summed E-state index contributed by atoms with van der Waals surface area (Å²) in [7, 11) is 0. The lowest BCUT2D eigenvalue weighted by atomic mass is 10.2. The van der Waals surface area contributed by atoms with Crippen LogP contribution in [0.1, 0.15) is 34.8 Å². The largest absolute Gasteiger partial charge is 0.478 e. The van der Waals surface area contributed by atoms with Gasteiger partial charge in [0.2, 0.25) is 0 Å². The topological polar surface area (TPSA) is 55.1 Å². The van der Waals surface area contributed by atoms with E-state index in [0.29, 0.717) is 5.92 Å². The minimum Gasteiger partial charge on any atom is -0.478 e. The molecular weight excluding hydrogens is 216 g/mol. The predicted octanol–water partition coefficient (Wildman–Crippen LogP) is 2.45. The molecule has 1 aromatic carbocycles. The van der Waals surface area contributed by atoms with Crippen LogP contribution < -0.4 is 0 Å². The summed E-state index contributed by atoms with van der Waals surface area (Å²) in [5.74, 6) is -0.305. The summed E-state index contributed by atoms with van der Waals surface area (Å²) in [5.41, 5.74) is 2.17. The standard InChI is InChI=1S/C13H12N2O2/c16-13(17)10-2-1-3-11(8-10)15-7-6-12(14-15)9-4-5-9/h1-3,6-9H,4-5H2,(H,16,17). The molecule has 0 atom stereocenters. The van der Waals surface area contributed by atoms with Gasteiger partial charge in [-0.2, -0.15) is 5.10 Å². The zero-order chi connectivity index (χ0) is 11.8. The van der Waals surface area contributed by atoms with Crippen LogP contribution >= 0.6 is 0 Å². The van der Waals surface area contributed by atoms with Gasteiger partial charge in [0, 0.05) is 12.1 Å². The van der Waals surface area contributed by atoms with Crippen molar-refractivity contribution in [3.8, 4) is 5.69 Å². The normalized spacial score (nSPS) is 14.8. The second kappa shape index (κ2) is 3.73. The maximum Gasteiger partial charge on any atom is 0.335 e. The van der Waals surface area contributed by atoms with Crippen LogP contribution in [0.15, 0.2) is 36.5 Å². The molecule has 1 N–H and O–H groups in total. The van der Waals surface area contributed by atoms with E-state index in [2.05, 4.69) is 5.10 Å². The maximum atomic E-state index is 10.9. The summed E-state index contributed by atoms with van der Waals surface area (Å²) < 4.78 is 1.74. The zero-order valence-electron chi connectivity index (χ0n) is 9.21. The van der Waals surface area contributed by atoms with Crippen LogP contribution in [0, 0.1) is 0 Å². The molecule has 1 aromatic heterocycles. The third-order valence-electron chi connectivity index (χ3n) is 2.96. The minimum absolute atomic E-state index is 0.283. The number of benzene rings is 1. The molecule has 0 radical (unpaired) electrons. The lowest BCUT2D eigenvalue weighted by Crippen LogP contribution is -2.00. The van der Waals surface area contributed by atoms with Crippen molar-refractivity contribution in [2.24, 2.45) is 0 Å². The fraction of sp³-hybridized carbons (Fsp3) is 0.231. The fourth-order valence-corrected chi connectivity index (χ4v) is 1.86. The number of carbonyl (C=O) groups is 1. The number of rotatable bonds is 3. The highest BCUT2D eigenvalue weighted by Crippen LogP contribution is 2.39. The number of aromatic nitrogens is 2. The van der Waals surface area contributed by atoms with Crippen LogP contribution in [-0.2, 0) is 0 Å². The fourth-order valence-electron chi connectivity index (χ4n) is 1.86. The molecule has 3 rings (SSSR count). The highest BCUT2D eigenvalue weighted by molar-refractivity contribution is 5.88. The summed E-state index contributed by atoms with van der Waals surface area (Å²) in [6, 6.07) is 8.81. The Hall–Kier alpha value is -2.10. The average molecular weight is 228 g/mol. The number of aromatic carboxylic acids is 1. The molecule has 0 spiro atoms. The maximum absolute atomic E-state index is 10.9. The first-order valence-corrected chi connectivity index (χ1v) is 5.63. The Morgan fingerprint density at radius 1 is 1.35 bits per heavy atom. The van der Waals surface area contributed by atoms with Gasteiger partial charge in [-0.1, -0.05) is 6.07 Å². The van der Waals surface area contributed by atoms with Crippen molar-refractivity contribution < 1.29 is 9.90 Å². The highest BCUT2D eigenvalue weighted by atomic mass is 16.4. The smallest absolute Gasteiger partial charge is 0.335 e. The van der Waals surface area contributed by atoms with Crippen LogP contribution in [0.2, 0.25) is 0 Å². The molecule has 4 nitrogen and oxygen atoms in total. The van der Waals surface area contributed by atoms with Crippen molar-refractivity contribution in [3.63, 3.8) is 0 Å². The Labute approximate surface area is 98.5 Å². The Morgan fingerprint density at radius 2 is 2.18 bits per heavy atom. The lowest BCUT2D eigenvalue weighted by molar-refractivity contribution is 0.0697. The summed E-state index contributed by atoms with van der Waals surface area (Å²) in [4.78, 5) is 10.9. The SMILES string of the molecule is O=C(O)c1cccc(-n2ccc(C3CC3)n2)c1. The van der Waals surface area contributed by atoms with E-state index in [-0.39, 0.29) is 5.56 Å². The number of nitrogens with zero attached hydrogens (tertiary/aromatic N) is 2. The molecule has 1 fully saturated rings. The van der Waals surface area contributed by atoms with Gasteiger partial charge in [0.05, 0.1) is 16.9 Å². The lowest BCUT2D eigenvalue weighted by Gasteiger charge is -2.02. The molecular formula is C13H12N2O2. The van der Waals surface area contributed by atoms with E-state index in [1.807, 2.05) is 18.3 Å². The van der Waals surface area contributed by atoms with Gasteiger partial charge in [-0.15, -0.1) is 0 Å². The molecule has 2 aromatic rings. The molecule has 1 saturated carbocycles. The van der Waals surface area contributed by atoms with Gasteiger partial charge in [0.1, 0.15) is 0 Å². The summed E-state index contributed by atoms with van der Waals surface area (Å²) in [6.07, 6.45) is 4.31. The first-order chi connectivity index (χ1) is 8.24. The van der Waals surface area contributed by atoms with Crippen LogP contribution in [0.25, 0.3) is 5.69 Å². The number of carboxylic acid groups (broad SMARTS) is 1. The van der Waals surface area contributed by atoms with E-state index in [4.69, 9.17) is 5.11 Å². The summed E-state index contributed by atoms with van der Waals surface area (Å²) in [6.45, 7) is 0. The first kappa shape index (κ1) is 10.1. The van der Waals surface area contributed by atoms with Gasteiger partial charge < -0.3 is 5.11 Å². The summed E-state index contributed by atoms with van der Waals surface area (Å²) >= 11 is 0. The second-order valence-corrected chi connectivity index (χ2v) is 4.31. The van der Waals surface area contributed by atoms with Crippen LogP contribution in [-0.4, -0.2) is 20.9 Å². The van der Waals surface area contributed by atoms with E-state index in [0.717, 1.165) is 11.4 Å². The third-order valence-corrected chi connectivity index (χ3v) is 2.96. The molecule has 0 amide bonds. The first-order valence-electron chi connectivity index (χ1n) is 5.63. The molecule has 0 bridgehead atoms. The van der Waals surface area contributed by atoms with Crippen molar-refractivity contribution >= 4 is 5.97 Å².